The number of ether oxygens (including phenoxy) is 3. The smallest absolute Gasteiger partial charge is 0.429 e. The number of nitriles is 1. The molecule has 0 aliphatic heterocycles. The number of benzene rings is 3. The molecule has 4 aromatic rings. The first-order valence-corrected chi connectivity index (χ1v) is 12.5. The average molecular weight is 552 g/mol. The third-order valence-corrected chi connectivity index (χ3v) is 6.19. The van der Waals surface area contributed by atoms with Gasteiger partial charge in [0.05, 0.1) is 23.4 Å². The number of nitrogens with one attached hydrogen (secondary N) is 1. The number of nitrogens with zero attached hydrogens (tertiary/aromatic N) is 2. The van der Waals surface area contributed by atoms with Crippen molar-refractivity contribution in [3.05, 3.63) is 83.9 Å². The lowest BCUT2D eigenvalue weighted by molar-refractivity contribution is -0.205. The normalized spacial score (nSPS) is 12.2. The zero-order chi connectivity index (χ0) is 28.9. The zero-order valence-electron chi connectivity index (χ0n) is 22.2. The van der Waals surface area contributed by atoms with Gasteiger partial charge in [0.2, 0.25) is 6.10 Å². The van der Waals surface area contributed by atoms with Crippen molar-refractivity contribution < 1.29 is 32.2 Å². The van der Waals surface area contributed by atoms with Crippen LogP contribution in [0.4, 0.5) is 23.7 Å². The molecule has 40 heavy (non-hydrogen) atoms. The van der Waals surface area contributed by atoms with Gasteiger partial charge < -0.3 is 18.8 Å². The molecule has 1 N–H and O–H groups in total. The van der Waals surface area contributed by atoms with E-state index in [1.54, 1.807) is 43.5 Å². The van der Waals surface area contributed by atoms with Crippen molar-refractivity contribution in [1.82, 2.24) is 4.57 Å². The van der Waals surface area contributed by atoms with Crippen LogP contribution in [0.1, 0.15) is 37.1 Å². The third-order valence-electron chi connectivity index (χ3n) is 6.19. The van der Waals surface area contributed by atoms with Crippen LogP contribution >= 0.6 is 0 Å². The summed E-state index contributed by atoms with van der Waals surface area (Å²) in [4.78, 5) is 12.4. The van der Waals surface area contributed by atoms with Gasteiger partial charge in [0.1, 0.15) is 18.4 Å². The number of carbonyl (C=O) groups excluding carboxylic acids is 1. The van der Waals surface area contributed by atoms with Crippen molar-refractivity contribution in [1.29, 1.82) is 5.26 Å². The molecule has 1 heterocycles. The second-order valence-electron chi connectivity index (χ2n) is 9.26. The molecule has 1 atom stereocenters. The van der Waals surface area contributed by atoms with Crippen LogP contribution in [0.3, 0.4) is 0 Å². The van der Waals surface area contributed by atoms with Crippen molar-refractivity contribution in [2.24, 2.45) is 0 Å². The molecule has 1 aromatic heterocycles. The van der Waals surface area contributed by atoms with E-state index >= 15 is 0 Å². The maximum atomic E-state index is 13.6. The highest BCUT2D eigenvalue weighted by Crippen LogP contribution is 2.39. The van der Waals surface area contributed by atoms with E-state index in [2.05, 4.69) is 11.4 Å². The fraction of sp³-hybridized carbons (Fsp3) is 0.267. The predicted molar refractivity (Wildman–Crippen MR) is 145 cm³/mol. The summed E-state index contributed by atoms with van der Waals surface area (Å²) < 4.78 is 58.3. The second kappa shape index (κ2) is 12.1. The van der Waals surface area contributed by atoms with Crippen molar-refractivity contribution in [2.75, 3.05) is 25.6 Å². The lowest BCUT2D eigenvalue weighted by Gasteiger charge is -2.21. The number of aromatic nitrogens is 1. The molecule has 0 aliphatic carbocycles. The molecule has 0 saturated heterocycles. The number of methoxy groups -OCH3 is 1. The lowest BCUT2D eigenvalue weighted by atomic mass is 10.1. The summed E-state index contributed by atoms with van der Waals surface area (Å²) in [6.07, 6.45) is -8.43. The molecule has 4 rings (SSSR count). The maximum Gasteiger partial charge on any atom is 0.429 e. The standard InChI is InChI=1S/C30H28F3N3O4/c1-19(2)36-26-17-23(39-16-15-38-3)13-14-24(26)25(18-34)27(36)20-9-11-22(12-10-20)35-29(37)40-28(30(31,32)33)21-7-5-4-6-8-21/h4-14,17,19,28H,15-16H2,1-3H3,(H,35,37). The lowest BCUT2D eigenvalue weighted by Crippen LogP contribution is -2.28. The van der Waals surface area contributed by atoms with Gasteiger partial charge in [-0.3, -0.25) is 5.32 Å². The Kier molecular flexibility index (Phi) is 8.65. The predicted octanol–water partition coefficient (Wildman–Crippen LogP) is 7.64. The van der Waals surface area contributed by atoms with Gasteiger partial charge in [0.15, 0.2) is 0 Å². The largest absolute Gasteiger partial charge is 0.491 e. The molecule has 3 aromatic carbocycles. The Morgan fingerprint density at radius 3 is 2.33 bits per heavy atom. The zero-order valence-corrected chi connectivity index (χ0v) is 22.2. The van der Waals surface area contributed by atoms with Gasteiger partial charge in [-0.25, -0.2) is 4.79 Å². The van der Waals surface area contributed by atoms with Gasteiger partial charge in [-0.2, -0.15) is 18.4 Å². The minimum absolute atomic E-state index is 0.0149. The number of alkyl halides is 3. The molecule has 0 bridgehead atoms. The minimum atomic E-state index is -4.78. The SMILES string of the molecule is COCCOc1ccc2c(C#N)c(-c3ccc(NC(=O)OC(c4ccccc4)C(F)(F)F)cc3)n(C(C)C)c2c1. The van der Waals surface area contributed by atoms with Gasteiger partial charge in [-0.1, -0.05) is 42.5 Å². The Labute approximate surface area is 229 Å². The van der Waals surface area contributed by atoms with Gasteiger partial charge in [0.25, 0.3) is 0 Å². The van der Waals surface area contributed by atoms with Gasteiger partial charge in [-0.15, -0.1) is 0 Å². The number of halogens is 3. The molecule has 0 radical (unpaired) electrons. The van der Waals surface area contributed by atoms with E-state index in [1.165, 1.54) is 24.3 Å². The Morgan fingerprint density at radius 2 is 1.73 bits per heavy atom. The van der Waals surface area contributed by atoms with Crippen LogP contribution in [0, 0.1) is 11.3 Å². The number of hydrogen-bond acceptors (Lipinski definition) is 5. The van der Waals surface area contributed by atoms with Crippen LogP contribution in [-0.4, -0.2) is 37.2 Å². The summed E-state index contributed by atoms with van der Waals surface area (Å²) in [5.74, 6) is 0.644. The number of rotatable bonds is 9. The Hall–Kier alpha value is -4.49. The molecule has 0 fully saturated rings. The van der Waals surface area contributed by atoms with Gasteiger partial charge >= 0.3 is 12.3 Å². The first-order valence-electron chi connectivity index (χ1n) is 12.5. The number of amides is 1. The monoisotopic (exact) mass is 551 g/mol. The molecule has 0 aliphatic rings. The van der Waals surface area contributed by atoms with Crippen LogP contribution in [0.25, 0.3) is 22.2 Å². The van der Waals surface area contributed by atoms with E-state index in [1.807, 2.05) is 30.5 Å². The van der Waals surface area contributed by atoms with E-state index in [0.29, 0.717) is 35.8 Å². The first kappa shape index (κ1) is 28.5. The average Bonchev–Trinajstić information content (AvgIpc) is 3.26. The van der Waals surface area contributed by atoms with Crippen molar-refractivity contribution in [3.63, 3.8) is 0 Å². The molecule has 208 valence electrons. The molecule has 1 amide bonds. The van der Waals surface area contributed by atoms with Gasteiger partial charge in [0, 0.05) is 35.9 Å². The van der Waals surface area contributed by atoms with E-state index in [4.69, 9.17) is 14.2 Å². The van der Waals surface area contributed by atoms with Crippen LogP contribution in [0.2, 0.25) is 0 Å². The highest BCUT2D eigenvalue weighted by Gasteiger charge is 2.44. The van der Waals surface area contributed by atoms with Crippen LogP contribution < -0.4 is 10.1 Å². The fourth-order valence-electron chi connectivity index (χ4n) is 4.47. The summed E-state index contributed by atoms with van der Waals surface area (Å²) in [5.41, 5.74) is 2.72. The summed E-state index contributed by atoms with van der Waals surface area (Å²) in [7, 11) is 1.59. The number of hydrogen-bond donors (Lipinski definition) is 1. The maximum absolute atomic E-state index is 13.6. The second-order valence-corrected chi connectivity index (χ2v) is 9.26. The molecule has 10 heteroatoms. The highest BCUT2D eigenvalue weighted by molar-refractivity contribution is 5.95. The molecule has 7 nitrogen and oxygen atoms in total. The summed E-state index contributed by atoms with van der Waals surface area (Å²) >= 11 is 0. The topological polar surface area (TPSA) is 85.5 Å². The highest BCUT2D eigenvalue weighted by atomic mass is 19.4. The summed E-state index contributed by atoms with van der Waals surface area (Å²) in [5, 5.41) is 13.2. The van der Waals surface area contributed by atoms with E-state index < -0.39 is 18.4 Å². The summed E-state index contributed by atoms with van der Waals surface area (Å²) in [6.45, 7) is 4.82. The Morgan fingerprint density at radius 1 is 1.02 bits per heavy atom. The Bertz CT molecular complexity index is 1510. The first-order chi connectivity index (χ1) is 19.1. The number of fused-ring (bicyclic) bond motifs is 1. The molecule has 1 unspecified atom stereocenters. The molecule has 0 saturated carbocycles. The number of anilines is 1. The van der Waals surface area contributed by atoms with Crippen LogP contribution in [-0.2, 0) is 9.47 Å². The van der Waals surface area contributed by atoms with Crippen LogP contribution in [0.15, 0.2) is 72.8 Å². The van der Waals surface area contributed by atoms with Crippen molar-refractivity contribution in [2.45, 2.75) is 32.2 Å². The quantitative estimate of drug-likeness (QED) is 0.216. The summed E-state index contributed by atoms with van der Waals surface area (Å²) in [6, 6.07) is 21.2. The van der Waals surface area contributed by atoms with Gasteiger partial charge in [-0.05, 0) is 43.7 Å². The fourth-order valence-corrected chi connectivity index (χ4v) is 4.47. The van der Waals surface area contributed by atoms with Crippen molar-refractivity contribution in [3.8, 4) is 23.1 Å². The van der Waals surface area contributed by atoms with Crippen LogP contribution in [0.5, 0.6) is 5.75 Å². The minimum Gasteiger partial charge on any atom is -0.491 e. The van der Waals surface area contributed by atoms with Crippen molar-refractivity contribution >= 4 is 22.7 Å². The van der Waals surface area contributed by atoms with E-state index in [-0.39, 0.29) is 17.3 Å². The van der Waals surface area contributed by atoms with E-state index in [0.717, 1.165) is 10.9 Å². The third kappa shape index (κ3) is 6.21. The molecule has 0 spiro atoms. The molecular formula is C30H28F3N3O4. The van der Waals surface area contributed by atoms with E-state index in [9.17, 15) is 23.2 Å². The Balaban J connectivity index is 1.61. The number of carbonyl (C=O) groups is 1. The molecular weight excluding hydrogens is 523 g/mol.